The summed E-state index contributed by atoms with van der Waals surface area (Å²) in [6.45, 7) is 0. The van der Waals surface area contributed by atoms with Gasteiger partial charge in [-0.2, -0.15) is 5.10 Å². The van der Waals surface area contributed by atoms with Crippen LogP contribution in [-0.2, 0) is 0 Å². The number of pyridine rings is 1. The molecule has 0 radical (unpaired) electrons. The molecule has 0 aliphatic heterocycles. The lowest BCUT2D eigenvalue weighted by atomic mass is 10.0. The van der Waals surface area contributed by atoms with Crippen molar-refractivity contribution in [3.63, 3.8) is 0 Å². The number of benzene rings is 1. The Morgan fingerprint density at radius 2 is 1.75 bits per heavy atom. The summed E-state index contributed by atoms with van der Waals surface area (Å²) in [7, 11) is 3.22. The average Bonchev–Trinajstić information content (AvgIpc) is 2.92. The predicted molar refractivity (Wildman–Crippen MR) is 76.8 cm³/mol. The fourth-order valence-corrected chi connectivity index (χ4v) is 2.09. The van der Waals surface area contributed by atoms with Crippen LogP contribution in [0.3, 0.4) is 0 Å². The Morgan fingerprint density at radius 1 is 1.05 bits per heavy atom. The van der Waals surface area contributed by atoms with Gasteiger partial charge in [0.05, 0.1) is 20.4 Å². The summed E-state index contributed by atoms with van der Waals surface area (Å²) in [5, 5.41) is 7.64. The minimum atomic E-state index is 0.428. The highest BCUT2D eigenvalue weighted by Crippen LogP contribution is 2.33. The van der Waals surface area contributed by atoms with E-state index in [1.807, 2.05) is 24.3 Å². The third-order valence-corrected chi connectivity index (χ3v) is 3.12. The van der Waals surface area contributed by atoms with E-state index in [1.165, 1.54) is 0 Å². The topological polar surface area (TPSA) is 86.0 Å². The number of methoxy groups -OCH3 is 2. The van der Waals surface area contributed by atoms with Gasteiger partial charge < -0.3 is 15.2 Å². The van der Waals surface area contributed by atoms with Crippen molar-refractivity contribution in [3.8, 4) is 22.6 Å². The van der Waals surface area contributed by atoms with Crippen molar-refractivity contribution in [2.75, 3.05) is 20.0 Å². The molecule has 0 bridgehead atoms. The summed E-state index contributed by atoms with van der Waals surface area (Å²) >= 11 is 0. The molecule has 0 fully saturated rings. The van der Waals surface area contributed by atoms with Gasteiger partial charge in [0.2, 0.25) is 0 Å². The number of H-pyrrole nitrogens is 1. The number of nitrogens with two attached hydrogens (primary N) is 1. The number of nitrogen functional groups attached to an aromatic ring is 1. The third kappa shape index (κ3) is 2.01. The van der Waals surface area contributed by atoms with Gasteiger partial charge in [0.15, 0.2) is 5.65 Å². The molecule has 0 aliphatic carbocycles. The SMILES string of the molecule is COc1cc(OC)cc(-c2cc3cn[nH]c3nc2N)c1. The Labute approximate surface area is 115 Å². The van der Waals surface area contributed by atoms with Crippen LogP contribution in [0.1, 0.15) is 0 Å². The highest BCUT2D eigenvalue weighted by Gasteiger charge is 2.10. The summed E-state index contributed by atoms with van der Waals surface area (Å²) in [5.41, 5.74) is 8.39. The van der Waals surface area contributed by atoms with Crippen LogP contribution < -0.4 is 15.2 Å². The third-order valence-electron chi connectivity index (χ3n) is 3.12. The maximum Gasteiger partial charge on any atom is 0.157 e. The molecule has 0 aliphatic rings. The molecular formula is C14H14N4O2. The van der Waals surface area contributed by atoms with Crippen molar-refractivity contribution in [2.45, 2.75) is 0 Å². The highest BCUT2D eigenvalue weighted by atomic mass is 16.5. The lowest BCUT2D eigenvalue weighted by molar-refractivity contribution is 0.394. The summed E-state index contributed by atoms with van der Waals surface area (Å²) in [4.78, 5) is 4.30. The van der Waals surface area contributed by atoms with Crippen LogP contribution in [0.4, 0.5) is 5.82 Å². The van der Waals surface area contributed by atoms with Crippen LogP contribution in [0.5, 0.6) is 11.5 Å². The van der Waals surface area contributed by atoms with Gasteiger partial charge in [-0.1, -0.05) is 0 Å². The number of aromatic nitrogens is 3. The molecule has 2 aromatic heterocycles. The molecule has 6 nitrogen and oxygen atoms in total. The largest absolute Gasteiger partial charge is 0.497 e. The van der Waals surface area contributed by atoms with E-state index in [2.05, 4.69) is 15.2 Å². The zero-order valence-corrected chi connectivity index (χ0v) is 11.2. The van der Waals surface area contributed by atoms with Crippen LogP contribution >= 0.6 is 0 Å². The molecular weight excluding hydrogens is 256 g/mol. The van der Waals surface area contributed by atoms with Crippen molar-refractivity contribution >= 4 is 16.9 Å². The Kier molecular flexibility index (Phi) is 2.90. The molecule has 3 rings (SSSR count). The number of nitrogens with zero attached hydrogens (tertiary/aromatic N) is 2. The van der Waals surface area contributed by atoms with Crippen LogP contribution in [0.2, 0.25) is 0 Å². The fourth-order valence-electron chi connectivity index (χ4n) is 2.09. The number of hydrogen-bond acceptors (Lipinski definition) is 5. The average molecular weight is 270 g/mol. The molecule has 6 heteroatoms. The van der Waals surface area contributed by atoms with Gasteiger partial charge in [0.25, 0.3) is 0 Å². The van der Waals surface area contributed by atoms with Crippen molar-refractivity contribution in [3.05, 3.63) is 30.5 Å². The second-order valence-electron chi connectivity index (χ2n) is 4.33. The maximum atomic E-state index is 6.02. The van der Waals surface area contributed by atoms with E-state index in [-0.39, 0.29) is 0 Å². The van der Waals surface area contributed by atoms with Crippen LogP contribution in [-0.4, -0.2) is 29.4 Å². The van der Waals surface area contributed by atoms with E-state index >= 15 is 0 Å². The lowest BCUT2D eigenvalue weighted by Crippen LogP contribution is -1.96. The molecule has 3 N–H and O–H groups in total. The van der Waals surface area contributed by atoms with E-state index in [0.717, 1.165) is 16.5 Å². The van der Waals surface area contributed by atoms with Crippen LogP contribution in [0, 0.1) is 0 Å². The van der Waals surface area contributed by atoms with E-state index in [9.17, 15) is 0 Å². The first-order chi connectivity index (χ1) is 9.71. The number of aromatic amines is 1. The number of fused-ring (bicyclic) bond motifs is 1. The summed E-state index contributed by atoms with van der Waals surface area (Å²) < 4.78 is 10.5. The lowest BCUT2D eigenvalue weighted by Gasteiger charge is -2.10. The zero-order valence-electron chi connectivity index (χ0n) is 11.2. The van der Waals surface area contributed by atoms with E-state index in [0.29, 0.717) is 23.0 Å². The van der Waals surface area contributed by atoms with Crippen LogP contribution in [0.15, 0.2) is 30.5 Å². The predicted octanol–water partition coefficient (Wildman–Crippen LogP) is 2.22. The second kappa shape index (κ2) is 4.73. The maximum absolute atomic E-state index is 6.02. The number of ether oxygens (including phenoxy) is 2. The molecule has 0 spiro atoms. The Morgan fingerprint density at radius 3 is 2.40 bits per heavy atom. The molecule has 20 heavy (non-hydrogen) atoms. The van der Waals surface area contributed by atoms with Crippen molar-refractivity contribution in [2.24, 2.45) is 0 Å². The minimum Gasteiger partial charge on any atom is -0.497 e. The van der Waals surface area contributed by atoms with Gasteiger partial charge in [-0.3, -0.25) is 5.10 Å². The summed E-state index contributed by atoms with van der Waals surface area (Å²) in [5.74, 6) is 1.83. The molecule has 1 aromatic carbocycles. The monoisotopic (exact) mass is 270 g/mol. The van der Waals surface area contributed by atoms with Gasteiger partial charge in [-0.15, -0.1) is 0 Å². The molecule has 0 saturated heterocycles. The highest BCUT2D eigenvalue weighted by molar-refractivity contribution is 5.87. The first-order valence-corrected chi connectivity index (χ1v) is 6.04. The smallest absolute Gasteiger partial charge is 0.157 e. The van der Waals surface area contributed by atoms with Gasteiger partial charge in [-0.05, 0) is 23.8 Å². The Hall–Kier alpha value is -2.76. The quantitative estimate of drug-likeness (QED) is 0.762. The number of rotatable bonds is 3. The molecule has 0 unspecified atom stereocenters. The van der Waals surface area contributed by atoms with Crippen molar-refractivity contribution in [1.82, 2.24) is 15.2 Å². The number of hydrogen-bond donors (Lipinski definition) is 2. The van der Waals surface area contributed by atoms with Gasteiger partial charge in [0, 0.05) is 17.0 Å². The van der Waals surface area contributed by atoms with E-state index < -0.39 is 0 Å². The van der Waals surface area contributed by atoms with Crippen molar-refractivity contribution < 1.29 is 9.47 Å². The molecule has 2 heterocycles. The van der Waals surface area contributed by atoms with E-state index in [4.69, 9.17) is 15.2 Å². The standard InChI is InChI=1S/C14H14N4O2/c1-19-10-3-8(4-11(6-10)20-2)12-5-9-7-16-18-14(9)17-13(12)15/h3-7H,1-2H3,(H3,15,16,17,18). The van der Waals surface area contributed by atoms with E-state index in [1.54, 1.807) is 20.4 Å². The molecule has 102 valence electrons. The fraction of sp³-hybridized carbons (Fsp3) is 0.143. The molecule has 0 amide bonds. The molecule has 0 atom stereocenters. The first kappa shape index (κ1) is 12.3. The van der Waals surface area contributed by atoms with Gasteiger partial charge in [-0.25, -0.2) is 4.98 Å². The zero-order chi connectivity index (χ0) is 14.1. The minimum absolute atomic E-state index is 0.428. The molecule has 0 saturated carbocycles. The summed E-state index contributed by atoms with van der Waals surface area (Å²) in [6.07, 6.45) is 1.71. The number of anilines is 1. The first-order valence-electron chi connectivity index (χ1n) is 6.04. The van der Waals surface area contributed by atoms with Gasteiger partial charge >= 0.3 is 0 Å². The van der Waals surface area contributed by atoms with Crippen LogP contribution in [0.25, 0.3) is 22.2 Å². The number of nitrogens with one attached hydrogen (secondary N) is 1. The Bertz CT molecular complexity index is 745. The van der Waals surface area contributed by atoms with Crippen molar-refractivity contribution in [1.29, 1.82) is 0 Å². The van der Waals surface area contributed by atoms with Gasteiger partial charge in [0.1, 0.15) is 17.3 Å². The second-order valence-corrected chi connectivity index (χ2v) is 4.33. The molecule has 3 aromatic rings. The normalized spacial score (nSPS) is 10.7. The summed E-state index contributed by atoms with van der Waals surface area (Å²) in [6, 6.07) is 7.53. The Balaban J connectivity index is 2.20.